The normalized spacial score (nSPS) is 8.84. The fourth-order valence-corrected chi connectivity index (χ4v) is 1.04. The zero-order chi connectivity index (χ0) is 13.7. The predicted molar refractivity (Wildman–Crippen MR) is 66.5 cm³/mol. The lowest BCUT2D eigenvalue weighted by molar-refractivity contribution is 0.368. The molecular formula is C12H14O7. The molecule has 0 amide bonds. The van der Waals surface area contributed by atoms with Gasteiger partial charge in [0.25, 0.3) is 0 Å². The lowest BCUT2D eigenvalue weighted by atomic mass is 10.3. The molecule has 0 radical (unpaired) electrons. The van der Waals surface area contributed by atoms with Crippen LogP contribution in [0.1, 0.15) is 0 Å². The Kier molecular flexibility index (Phi) is 5.81. The van der Waals surface area contributed by atoms with E-state index in [4.69, 9.17) is 30.6 Å². The number of para-hydroxylation sites is 2. The van der Waals surface area contributed by atoms with E-state index in [2.05, 4.69) is 0 Å². The summed E-state index contributed by atoms with van der Waals surface area (Å²) in [6.07, 6.45) is 0. The van der Waals surface area contributed by atoms with Gasteiger partial charge in [0.1, 0.15) is 0 Å². The second-order valence-corrected chi connectivity index (χ2v) is 3.29. The van der Waals surface area contributed by atoms with Gasteiger partial charge in [-0.15, -0.1) is 0 Å². The summed E-state index contributed by atoms with van der Waals surface area (Å²) in [4.78, 5) is 0. The average Bonchev–Trinajstić information content (AvgIpc) is 2.34. The van der Waals surface area contributed by atoms with Gasteiger partial charge in [-0.05, 0) is 24.3 Å². The number of phenolic OH excluding ortho intramolecular Hbond substituents is 6. The van der Waals surface area contributed by atoms with Gasteiger partial charge in [-0.1, -0.05) is 12.1 Å². The molecule has 0 aromatic heterocycles. The SMILES string of the molecule is O.Oc1cccc(O)c1O.Oc1cccc(O)c1O. The molecule has 2 rings (SSSR count). The molecule has 104 valence electrons. The van der Waals surface area contributed by atoms with E-state index in [0.717, 1.165) is 0 Å². The number of rotatable bonds is 0. The van der Waals surface area contributed by atoms with E-state index >= 15 is 0 Å². The van der Waals surface area contributed by atoms with Gasteiger partial charge in [0, 0.05) is 0 Å². The maximum absolute atomic E-state index is 8.71. The van der Waals surface area contributed by atoms with Crippen LogP contribution in [0.25, 0.3) is 0 Å². The van der Waals surface area contributed by atoms with Crippen molar-refractivity contribution in [2.75, 3.05) is 0 Å². The first-order chi connectivity index (χ1) is 8.43. The molecule has 0 heterocycles. The first-order valence-corrected chi connectivity index (χ1v) is 4.83. The minimum atomic E-state index is -0.475. The lowest BCUT2D eigenvalue weighted by Crippen LogP contribution is -1.67. The van der Waals surface area contributed by atoms with Crippen molar-refractivity contribution in [3.05, 3.63) is 36.4 Å². The molecule has 0 bridgehead atoms. The van der Waals surface area contributed by atoms with Crippen molar-refractivity contribution in [3.63, 3.8) is 0 Å². The first kappa shape index (κ1) is 16.2. The molecule has 0 aliphatic heterocycles. The topological polar surface area (TPSA) is 153 Å². The molecule has 0 spiro atoms. The van der Waals surface area contributed by atoms with Crippen molar-refractivity contribution in [1.82, 2.24) is 0 Å². The van der Waals surface area contributed by atoms with Crippen molar-refractivity contribution in [3.8, 4) is 34.5 Å². The third-order valence-electron chi connectivity index (χ3n) is 1.99. The number of hydrogen-bond acceptors (Lipinski definition) is 6. The maximum Gasteiger partial charge on any atom is 0.200 e. The fourth-order valence-electron chi connectivity index (χ4n) is 1.04. The van der Waals surface area contributed by atoms with E-state index in [1.54, 1.807) is 0 Å². The van der Waals surface area contributed by atoms with Gasteiger partial charge in [0.05, 0.1) is 0 Å². The second-order valence-electron chi connectivity index (χ2n) is 3.29. The summed E-state index contributed by atoms with van der Waals surface area (Å²) in [6.45, 7) is 0. The monoisotopic (exact) mass is 270 g/mol. The summed E-state index contributed by atoms with van der Waals surface area (Å²) in [5.41, 5.74) is 0. The van der Waals surface area contributed by atoms with E-state index in [9.17, 15) is 0 Å². The Hall–Kier alpha value is -2.80. The average molecular weight is 270 g/mol. The summed E-state index contributed by atoms with van der Waals surface area (Å²) >= 11 is 0. The minimum absolute atomic E-state index is 0. The van der Waals surface area contributed by atoms with Crippen LogP contribution in [-0.4, -0.2) is 36.1 Å². The van der Waals surface area contributed by atoms with Gasteiger partial charge in [-0.25, -0.2) is 0 Å². The third-order valence-corrected chi connectivity index (χ3v) is 1.99. The Labute approximate surface area is 108 Å². The van der Waals surface area contributed by atoms with E-state index < -0.39 is 11.5 Å². The van der Waals surface area contributed by atoms with E-state index in [1.807, 2.05) is 0 Å². The van der Waals surface area contributed by atoms with Crippen LogP contribution in [0.5, 0.6) is 34.5 Å². The third kappa shape index (κ3) is 4.17. The quantitative estimate of drug-likeness (QED) is 0.389. The van der Waals surface area contributed by atoms with Gasteiger partial charge in [-0.3, -0.25) is 0 Å². The fraction of sp³-hybridized carbons (Fsp3) is 0. The molecule has 0 aliphatic rings. The summed E-state index contributed by atoms with van der Waals surface area (Å²) in [5, 5.41) is 52.2. The van der Waals surface area contributed by atoms with Crippen LogP contribution >= 0.6 is 0 Å². The molecule has 19 heavy (non-hydrogen) atoms. The van der Waals surface area contributed by atoms with E-state index in [-0.39, 0.29) is 28.5 Å². The Morgan fingerprint density at radius 3 is 0.842 bits per heavy atom. The lowest BCUT2D eigenvalue weighted by Gasteiger charge is -1.96. The van der Waals surface area contributed by atoms with Crippen molar-refractivity contribution in [1.29, 1.82) is 0 Å². The predicted octanol–water partition coefficient (Wildman–Crippen LogP) is 0.782. The smallest absolute Gasteiger partial charge is 0.200 e. The van der Waals surface area contributed by atoms with Crippen molar-refractivity contribution in [2.45, 2.75) is 0 Å². The highest BCUT2D eigenvalue weighted by atomic mass is 16.3. The molecule has 0 fully saturated rings. The van der Waals surface area contributed by atoms with Gasteiger partial charge in [0.15, 0.2) is 34.5 Å². The van der Waals surface area contributed by atoms with Gasteiger partial charge in [-0.2, -0.15) is 0 Å². The molecule has 8 N–H and O–H groups in total. The van der Waals surface area contributed by atoms with Crippen LogP contribution in [0.3, 0.4) is 0 Å². The van der Waals surface area contributed by atoms with Crippen molar-refractivity contribution >= 4 is 0 Å². The number of phenols is 6. The van der Waals surface area contributed by atoms with Crippen LogP contribution in [0, 0.1) is 0 Å². The first-order valence-electron chi connectivity index (χ1n) is 4.83. The summed E-state index contributed by atoms with van der Waals surface area (Å²) < 4.78 is 0. The highest BCUT2D eigenvalue weighted by Crippen LogP contribution is 2.33. The van der Waals surface area contributed by atoms with Crippen LogP contribution in [0.15, 0.2) is 36.4 Å². The van der Waals surface area contributed by atoms with Crippen LogP contribution in [0.4, 0.5) is 0 Å². The molecule has 0 atom stereocenters. The largest absolute Gasteiger partial charge is 0.504 e. The Morgan fingerprint density at radius 1 is 0.474 bits per heavy atom. The molecule has 0 saturated carbocycles. The molecule has 2 aromatic carbocycles. The molecule has 0 saturated heterocycles. The van der Waals surface area contributed by atoms with Gasteiger partial charge in [0.2, 0.25) is 0 Å². The number of hydrogen-bond donors (Lipinski definition) is 6. The van der Waals surface area contributed by atoms with E-state index in [1.165, 1.54) is 36.4 Å². The Morgan fingerprint density at radius 2 is 0.684 bits per heavy atom. The number of aromatic hydroxyl groups is 6. The molecule has 7 heteroatoms. The van der Waals surface area contributed by atoms with Crippen LogP contribution in [0.2, 0.25) is 0 Å². The number of benzene rings is 2. The summed E-state index contributed by atoms with van der Waals surface area (Å²) in [5.74, 6) is -2.19. The van der Waals surface area contributed by atoms with Crippen LogP contribution < -0.4 is 0 Å². The second kappa shape index (κ2) is 6.82. The summed E-state index contributed by atoms with van der Waals surface area (Å²) in [6, 6.07) is 8.02. The highest BCUT2D eigenvalue weighted by molar-refractivity contribution is 5.48. The zero-order valence-corrected chi connectivity index (χ0v) is 9.65. The molecule has 2 aromatic rings. The Balaban J connectivity index is 0.000000324. The van der Waals surface area contributed by atoms with Crippen molar-refractivity contribution in [2.24, 2.45) is 0 Å². The van der Waals surface area contributed by atoms with Crippen LogP contribution in [-0.2, 0) is 0 Å². The molecule has 0 aliphatic carbocycles. The van der Waals surface area contributed by atoms with Gasteiger partial charge >= 0.3 is 0 Å². The van der Waals surface area contributed by atoms with Gasteiger partial charge < -0.3 is 36.1 Å². The van der Waals surface area contributed by atoms with Crippen molar-refractivity contribution < 1.29 is 36.1 Å². The minimum Gasteiger partial charge on any atom is -0.504 e. The van der Waals surface area contributed by atoms with E-state index in [0.29, 0.717) is 0 Å². The maximum atomic E-state index is 8.71. The Bertz CT molecular complexity index is 450. The molecular weight excluding hydrogens is 256 g/mol. The molecule has 0 unspecified atom stereocenters. The highest BCUT2D eigenvalue weighted by Gasteiger charge is 2.01. The zero-order valence-electron chi connectivity index (χ0n) is 9.65. The summed E-state index contributed by atoms with van der Waals surface area (Å²) in [7, 11) is 0. The molecule has 7 nitrogen and oxygen atoms in total. The standard InChI is InChI=1S/2C6H6O3.H2O/c2*7-4-2-1-3-5(8)6(4)9;/h2*1-3,7-9H;1H2.